The molecule has 1 aliphatic heterocycles. The van der Waals surface area contributed by atoms with Gasteiger partial charge in [0.1, 0.15) is 6.29 Å². The summed E-state index contributed by atoms with van der Waals surface area (Å²) >= 11 is 1.97. The largest absolute Gasteiger partial charge is 0.346 e. The van der Waals surface area contributed by atoms with Crippen LogP contribution in [0.2, 0.25) is 0 Å². The van der Waals surface area contributed by atoms with Crippen molar-refractivity contribution in [2.45, 2.75) is 23.1 Å². The van der Waals surface area contributed by atoms with Crippen LogP contribution in [0, 0.1) is 0 Å². The van der Waals surface area contributed by atoms with Crippen LogP contribution in [0.15, 0.2) is 59.6 Å². The Morgan fingerprint density at radius 1 is 1.19 bits per heavy atom. The quantitative estimate of drug-likeness (QED) is 0.676. The molecule has 0 N–H and O–H groups in total. The fourth-order valence-electron chi connectivity index (χ4n) is 3.03. The van der Waals surface area contributed by atoms with E-state index in [-0.39, 0.29) is 0 Å². The number of carbonyl (C=O) groups excluding carboxylic acids is 1. The minimum Gasteiger partial charge on any atom is -0.346 e. The number of hydrogen-bond acceptors (Lipinski definition) is 2. The summed E-state index contributed by atoms with van der Waals surface area (Å²) in [5, 5.41) is 1.73. The zero-order valence-electron chi connectivity index (χ0n) is 11.5. The maximum atomic E-state index is 10.9. The average molecular weight is 293 g/mol. The number of fused-ring (bicyclic) bond motifs is 2. The third-order valence-corrected chi connectivity index (χ3v) is 5.35. The van der Waals surface area contributed by atoms with Crippen LogP contribution in [-0.4, -0.2) is 16.1 Å². The van der Waals surface area contributed by atoms with E-state index >= 15 is 0 Å². The van der Waals surface area contributed by atoms with Crippen LogP contribution in [0.3, 0.4) is 0 Å². The molecule has 4 rings (SSSR count). The van der Waals surface area contributed by atoms with Gasteiger partial charge in [-0.3, -0.25) is 4.79 Å². The van der Waals surface area contributed by atoms with Crippen molar-refractivity contribution in [3.63, 3.8) is 0 Å². The minimum atomic E-state index is 0.587. The SMILES string of the molecule is O=Cc1ccc2c(ccn2CC2Cc3ccccc3S2)c1. The smallest absolute Gasteiger partial charge is 0.150 e. The number of carbonyl (C=O) groups is 1. The van der Waals surface area contributed by atoms with Crippen molar-refractivity contribution < 1.29 is 4.79 Å². The number of rotatable bonds is 3. The van der Waals surface area contributed by atoms with E-state index in [9.17, 15) is 4.79 Å². The normalized spacial score (nSPS) is 17.0. The topological polar surface area (TPSA) is 22.0 Å². The Balaban J connectivity index is 1.60. The monoisotopic (exact) mass is 293 g/mol. The lowest BCUT2D eigenvalue weighted by Gasteiger charge is -2.11. The summed E-state index contributed by atoms with van der Waals surface area (Å²) in [5.41, 5.74) is 3.41. The van der Waals surface area contributed by atoms with Crippen LogP contribution in [-0.2, 0) is 13.0 Å². The molecule has 0 aliphatic carbocycles. The molecule has 0 radical (unpaired) electrons. The second-order valence-electron chi connectivity index (χ2n) is 5.46. The third-order valence-electron chi connectivity index (χ3n) is 4.05. The van der Waals surface area contributed by atoms with Gasteiger partial charge in [0.2, 0.25) is 0 Å². The van der Waals surface area contributed by atoms with Gasteiger partial charge >= 0.3 is 0 Å². The van der Waals surface area contributed by atoms with E-state index in [0.29, 0.717) is 5.25 Å². The zero-order chi connectivity index (χ0) is 14.2. The van der Waals surface area contributed by atoms with Gasteiger partial charge in [-0.1, -0.05) is 18.2 Å². The zero-order valence-corrected chi connectivity index (χ0v) is 12.3. The van der Waals surface area contributed by atoms with E-state index in [1.54, 1.807) is 0 Å². The lowest BCUT2D eigenvalue weighted by molar-refractivity contribution is 0.112. The molecule has 104 valence electrons. The van der Waals surface area contributed by atoms with Crippen LogP contribution in [0.1, 0.15) is 15.9 Å². The molecular formula is C18H15NOS. The highest BCUT2D eigenvalue weighted by atomic mass is 32.2. The number of benzene rings is 2. The molecular weight excluding hydrogens is 278 g/mol. The molecule has 0 saturated carbocycles. The molecule has 0 fully saturated rings. The molecule has 1 atom stereocenters. The van der Waals surface area contributed by atoms with E-state index in [1.165, 1.54) is 16.0 Å². The highest BCUT2D eigenvalue weighted by Crippen LogP contribution is 2.37. The van der Waals surface area contributed by atoms with Crippen molar-refractivity contribution in [1.29, 1.82) is 0 Å². The highest BCUT2D eigenvalue weighted by Gasteiger charge is 2.22. The molecule has 1 unspecified atom stereocenters. The second kappa shape index (κ2) is 5.08. The Labute approximate surface area is 127 Å². The fourth-order valence-corrected chi connectivity index (χ4v) is 4.34. The standard InChI is InChI=1S/C18H15NOS/c20-12-13-5-6-17-14(9-13)7-8-19(17)11-16-10-15-3-1-2-4-18(15)21-16/h1-9,12,16H,10-11H2. The van der Waals surface area contributed by atoms with Gasteiger partial charge in [-0.05, 0) is 42.3 Å². The van der Waals surface area contributed by atoms with Crippen molar-refractivity contribution in [2.75, 3.05) is 0 Å². The molecule has 1 aromatic heterocycles. The van der Waals surface area contributed by atoms with Crippen LogP contribution in [0.25, 0.3) is 10.9 Å². The average Bonchev–Trinajstić information content (AvgIpc) is 3.10. The summed E-state index contributed by atoms with van der Waals surface area (Å²) in [6.07, 6.45) is 4.16. The highest BCUT2D eigenvalue weighted by molar-refractivity contribution is 8.00. The fraction of sp³-hybridized carbons (Fsp3) is 0.167. The van der Waals surface area contributed by atoms with Gasteiger partial charge in [0.25, 0.3) is 0 Å². The Hall–Kier alpha value is -2.00. The summed E-state index contributed by atoms with van der Waals surface area (Å²) in [6.45, 7) is 1.00. The first-order chi connectivity index (χ1) is 10.3. The summed E-state index contributed by atoms with van der Waals surface area (Å²) in [4.78, 5) is 12.3. The van der Waals surface area contributed by atoms with Gasteiger partial charge in [-0.15, -0.1) is 11.8 Å². The molecule has 3 heteroatoms. The number of aldehydes is 1. The van der Waals surface area contributed by atoms with E-state index in [0.717, 1.165) is 30.2 Å². The van der Waals surface area contributed by atoms with E-state index in [2.05, 4.69) is 41.1 Å². The maximum Gasteiger partial charge on any atom is 0.150 e. The molecule has 2 nitrogen and oxygen atoms in total. The molecule has 21 heavy (non-hydrogen) atoms. The first kappa shape index (κ1) is 12.7. The predicted octanol–water partition coefficient (Wildman–Crippen LogP) is 4.17. The predicted molar refractivity (Wildman–Crippen MR) is 87.1 cm³/mol. The first-order valence-electron chi connectivity index (χ1n) is 7.12. The van der Waals surface area contributed by atoms with Gasteiger partial charge in [0.05, 0.1) is 0 Å². The maximum absolute atomic E-state index is 10.9. The van der Waals surface area contributed by atoms with Crippen LogP contribution in [0.5, 0.6) is 0 Å². The molecule has 0 saturated heterocycles. The van der Waals surface area contributed by atoms with E-state index in [1.807, 2.05) is 30.0 Å². The van der Waals surface area contributed by atoms with E-state index < -0.39 is 0 Å². The van der Waals surface area contributed by atoms with Crippen molar-refractivity contribution >= 4 is 29.0 Å². The Bertz CT molecular complexity index is 796. The molecule has 2 heterocycles. The van der Waals surface area contributed by atoms with Gasteiger partial charge in [-0.2, -0.15) is 0 Å². The van der Waals surface area contributed by atoms with Crippen molar-refractivity contribution in [3.05, 3.63) is 65.9 Å². The third kappa shape index (κ3) is 2.28. The molecule has 0 bridgehead atoms. The van der Waals surface area contributed by atoms with Crippen LogP contribution in [0.4, 0.5) is 0 Å². The number of thioether (sulfide) groups is 1. The summed E-state index contributed by atoms with van der Waals surface area (Å²) in [5.74, 6) is 0. The summed E-state index contributed by atoms with van der Waals surface area (Å²) in [6, 6.07) is 16.7. The number of nitrogens with zero attached hydrogens (tertiary/aromatic N) is 1. The van der Waals surface area contributed by atoms with Crippen molar-refractivity contribution in [1.82, 2.24) is 4.57 Å². The van der Waals surface area contributed by atoms with Crippen molar-refractivity contribution in [3.8, 4) is 0 Å². The van der Waals surface area contributed by atoms with Gasteiger partial charge in [0, 0.05) is 39.4 Å². The molecule has 3 aromatic rings. The minimum absolute atomic E-state index is 0.587. The lowest BCUT2D eigenvalue weighted by atomic mass is 10.1. The first-order valence-corrected chi connectivity index (χ1v) is 8.00. The number of aromatic nitrogens is 1. The van der Waals surface area contributed by atoms with Crippen LogP contribution >= 0.6 is 11.8 Å². The van der Waals surface area contributed by atoms with Gasteiger partial charge < -0.3 is 4.57 Å². The molecule has 1 aliphatic rings. The molecule has 0 spiro atoms. The second-order valence-corrected chi connectivity index (χ2v) is 6.80. The number of hydrogen-bond donors (Lipinski definition) is 0. The summed E-state index contributed by atoms with van der Waals surface area (Å²) in [7, 11) is 0. The molecule has 0 amide bonds. The Morgan fingerprint density at radius 3 is 2.95 bits per heavy atom. The lowest BCUT2D eigenvalue weighted by Crippen LogP contribution is -2.11. The Morgan fingerprint density at radius 2 is 2.10 bits per heavy atom. The van der Waals surface area contributed by atoms with Gasteiger partial charge in [0.15, 0.2) is 0 Å². The summed E-state index contributed by atoms with van der Waals surface area (Å²) < 4.78 is 2.30. The Kier molecular flexibility index (Phi) is 3.08. The van der Waals surface area contributed by atoms with Gasteiger partial charge in [-0.25, -0.2) is 0 Å². The van der Waals surface area contributed by atoms with Crippen molar-refractivity contribution in [2.24, 2.45) is 0 Å². The van der Waals surface area contributed by atoms with Crippen LogP contribution < -0.4 is 0 Å². The van der Waals surface area contributed by atoms with E-state index in [4.69, 9.17) is 0 Å². The molecule has 2 aromatic carbocycles.